The van der Waals surface area contributed by atoms with Crippen LogP contribution in [0.25, 0.3) is 10.9 Å². The number of nitrogens with zero attached hydrogens (tertiary/aromatic N) is 2. The van der Waals surface area contributed by atoms with Gasteiger partial charge in [0.1, 0.15) is 34.6 Å². The van der Waals surface area contributed by atoms with Gasteiger partial charge < -0.3 is 58.5 Å². The molecule has 0 bridgehead atoms. The van der Waals surface area contributed by atoms with Gasteiger partial charge in [-0.1, -0.05) is 45.9 Å². The van der Waals surface area contributed by atoms with Gasteiger partial charge in [0.25, 0.3) is 0 Å². The first-order valence-corrected chi connectivity index (χ1v) is 25.5. The van der Waals surface area contributed by atoms with Gasteiger partial charge in [0.2, 0.25) is 10.0 Å². The number of ketones is 1. The minimum Gasteiger partial charge on any atom is -0.459 e. The number of hydrogen-bond donors (Lipinski definition) is 5. The average Bonchev–Trinajstić information content (AvgIpc) is 3.30. The van der Waals surface area contributed by atoms with Gasteiger partial charge in [-0.05, 0) is 93.0 Å². The average molecular weight is 982 g/mol. The molecule has 1 aromatic heterocycles. The quantitative estimate of drug-likeness (QED) is 0.134. The molecule has 3 aliphatic rings. The Morgan fingerprint density at radius 2 is 1.56 bits per heavy atom. The first kappa shape index (κ1) is 56.2. The van der Waals surface area contributed by atoms with Crippen molar-refractivity contribution in [2.75, 3.05) is 34.4 Å². The minimum absolute atomic E-state index is 0.0383. The highest BCUT2D eigenvalue weighted by atomic mass is 32.2. The molecule has 2 unspecified atom stereocenters. The Hall–Kier alpha value is -2.76. The SMILES string of the molecule is CC[C@H]1OC(=O)[C@H](C)[C@@H](OC2C[C@@](C)(OC)[C@@H](O)[C@H](C)O2)[C@H](C)[C@@H](OC2O[C@H](C)C[C@H](N(C)CCCNS(=O)(=O)c3cccc4cccnc34)[C@H]2O)[C@](C)(OC)C[C@@H](C)C(=O)[C@H](C)[C@@H](O)[C@]1(C)O. The number of cyclic esters (lactones) is 1. The molecular weight excluding hydrogens is 903 g/mol. The Kier molecular flexibility index (Phi) is 18.8. The van der Waals surface area contributed by atoms with E-state index in [4.69, 9.17) is 33.2 Å². The summed E-state index contributed by atoms with van der Waals surface area (Å²) >= 11 is 0. The molecule has 1 aromatic carbocycles. The van der Waals surface area contributed by atoms with Crippen LogP contribution in [0.5, 0.6) is 0 Å². The van der Waals surface area contributed by atoms with E-state index in [2.05, 4.69) is 9.71 Å². The molecule has 5 N–H and O–H groups in total. The zero-order chi connectivity index (χ0) is 50.7. The normalized spacial score (nSPS) is 40.5. The van der Waals surface area contributed by atoms with E-state index in [0.717, 1.165) is 0 Å². The largest absolute Gasteiger partial charge is 0.459 e. The Morgan fingerprint density at radius 3 is 2.21 bits per heavy atom. The van der Waals surface area contributed by atoms with Crippen molar-refractivity contribution in [3.05, 3.63) is 36.5 Å². The lowest BCUT2D eigenvalue weighted by Gasteiger charge is -2.50. The summed E-state index contributed by atoms with van der Waals surface area (Å²) in [6.45, 7) is 17.3. The van der Waals surface area contributed by atoms with Gasteiger partial charge >= 0.3 is 5.97 Å². The van der Waals surface area contributed by atoms with E-state index >= 15 is 0 Å². The summed E-state index contributed by atoms with van der Waals surface area (Å²) in [6.07, 6.45) is -8.08. The third-order valence-electron chi connectivity index (χ3n) is 15.0. The molecule has 18 atom stereocenters. The van der Waals surface area contributed by atoms with Crippen LogP contribution in [0.2, 0.25) is 0 Å². The molecule has 18 nitrogen and oxygen atoms in total. The van der Waals surface area contributed by atoms with Gasteiger partial charge in [-0.2, -0.15) is 0 Å². The van der Waals surface area contributed by atoms with E-state index in [1.807, 2.05) is 25.8 Å². The van der Waals surface area contributed by atoms with Gasteiger partial charge in [0.15, 0.2) is 12.6 Å². The molecule has 3 aliphatic heterocycles. The van der Waals surface area contributed by atoms with Crippen molar-refractivity contribution in [2.24, 2.45) is 23.7 Å². The molecule has 0 spiro atoms. The van der Waals surface area contributed by atoms with Gasteiger partial charge in [-0.25, -0.2) is 13.1 Å². The molecule has 19 heteroatoms. The van der Waals surface area contributed by atoms with Crippen molar-refractivity contribution in [2.45, 2.75) is 190 Å². The molecule has 0 saturated carbocycles. The number of sulfonamides is 1. The number of hydrogen-bond acceptors (Lipinski definition) is 17. The fourth-order valence-electron chi connectivity index (χ4n) is 10.6. The van der Waals surface area contributed by atoms with Crippen molar-refractivity contribution >= 4 is 32.7 Å². The van der Waals surface area contributed by atoms with Crippen LogP contribution < -0.4 is 4.72 Å². The van der Waals surface area contributed by atoms with Gasteiger partial charge in [0, 0.05) is 62.6 Å². The monoisotopic (exact) mass is 982 g/mol. The third kappa shape index (κ3) is 12.1. The van der Waals surface area contributed by atoms with Gasteiger partial charge in [0.05, 0.1) is 53.2 Å². The number of aliphatic hydroxyl groups is 4. The zero-order valence-electron chi connectivity index (χ0n) is 42.2. The van der Waals surface area contributed by atoms with Crippen LogP contribution in [0, 0.1) is 23.7 Å². The van der Waals surface area contributed by atoms with Crippen molar-refractivity contribution in [3.8, 4) is 0 Å². The number of esters is 1. The fraction of sp³-hybridized carbons (Fsp3) is 0.776. The number of carbonyl (C=O) groups excluding carboxylic acids is 2. The molecule has 3 saturated heterocycles. The number of likely N-dealkylation sites (N-methyl/N-ethyl adjacent to an activating group) is 1. The van der Waals surface area contributed by atoms with Crippen molar-refractivity contribution in [3.63, 3.8) is 0 Å². The first-order valence-electron chi connectivity index (χ1n) is 24.0. The summed E-state index contributed by atoms with van der Waals surface area (Å²) in [7, 11) is 0.913. The molecule has 5 rings (SSSR count). The maximum Gasteiger partial charge on any atom is 0.311 e. The summed E-state index contributed by atoms with van der Waals surface area (Å²) in [5, 5.41) is 47.3. The number of methoxy groups -OCH3 is 2. The lowest BCUT2D eigenvalue weighted by atomic mass is 9.74. The summed E-state index contributed by atoms with van der Waals surface area (Å²) in [6, 6.07) is 8.04. The van der Waals surface area contributed by atoms with Crippen molar-refractivity contribution in [1.82, 2.24) is 14.6 Å². The van der Waals surface area contributed by atoms with E-state index in [-0.39, 0.29) is 36.5 Å². The second kappa shape index (κ2) is 22.8. The Morgan fingerprint density at radius 1 is 0.897 bits per heavy atom. The third-order valence-corrected chi connectivity index (χ3v) is 16.5. The standard InChI is InChI=1S/C49H79N3O15S/c1-14-36-49(10,58)42(55)29(4)39(53)27(2)25-48(9,62-13)44(30(5)41(31(6)45(57)65-36)66-37-26-47(8,61-12)43(56)32(7)64-37)67-46-40(54)34(24-28(3)63-46)52(11)23-17-22-51-68(59,60)35-20-15-18-33-19-16-21-50-38(33)35/h15-16,18-21,27-32,34,36-37,40-44,46,51,54-56,58H,14,17,22-26H2,1-13H3/t27-,28-,29+,30+,31-,32+,34+,36-,37?,40-,41+,42-,43+,44-,46?,47-,48-,49-/m1/s1. The summed E-state index contributed by atoms with van der Waals surface area (Å²) in [4.78, 5) is 35.0. The van der Waals surface area contributed by atoms with Crippen LogP contribution >= 0.6 is 0 Å². The summed E-state index contributed by atoms with van der Waals surface area (Å²) in [5.74, 6) is -4.87. The number of rotatable bonds is 14. The summed E-state index contributed by atoms with van der Waals surface area (Å²) < 4.78 is 74.0. The number of fused-ring (bicyclic) bond motifs is 1. The molecule has 68 heavy (non-hydrogen) atoms. The molecule has 3 fully saturated rings. The number of carbonyl (C=O) groups is 2. The number of benzene rings is 1. The predicted octanol–water partition coefficient (Wildman–Crippen LogP) is 3.73. The number of pyridine rings is 1. The number of ether oxygens (including phenoxy) is 7. The van der Waals surface area contributed by atoms with Crippen LogP contribution in [0.4, 0.5) is 0 Å². The topological polar surface area (TPSA) is 242 Å². The van der Waals surface area contributed by atoms with E-state index in [9.17, 15) is 38.4 Å². The lowest BCUT2D eigenvalue weighted by Crippen LogP contribution is -2.61. The second-order valence-corrected chi connectivity index (χ2v) is 22.0. The number of nitrogens with one attached hydrogen (secondary N) is 1. The van der Waals surface area contributed by atoms with Crippen LogP contribution in [-0.4, -0.2) is 169 Å². The Labute approximate surface area is 402 Å². The van der Waals surface area contributed by atoms with E-state index in [0.29, 0.717) is 30.3 Å². The smallest absolute Gasteiger partial charge is 0.311 e. The lowest BCUT2D eigenvalue weighted by molar-refractivity contribution is -0.319. The zero-order valence-corrected chi connectivity index (χ0v) is 43.0. The molecule has 2 aromatic rings. The second-order valence-electron chi connectivity index (χ2n) is 20.2. The number of para-hydroxylation sites is 1. The maximum absolute atomic E-state index is 14.4. The highest BCUT2D eigenvalue weighted by molar-refractivity contribution is 7.89. The van der Waals surface area contributed by atoms with E-state index in [1.165, 1.54) is 34.1 Å². The predicted molar refractivity (Wildman–Crippen MR) is 252 cm³/mol. The van der Waals surface area contributed by atoms with Gasteiger partial charge in [-0.15, -0.1) is 0 Å². The van der Waals surface area contributed by atoms with Gasteiger partial charge in [-0.3, -0.25) is 14.6 Å². The van der Waals surface area contributed by atoms with Crippen LogP contribution in [-0.2, 0) is 52.8 Å². The number of aromatic nitrogens is 1. The highest BCUT2D eigenvalue weighted by Crippen LogP contribution is 2.42. The minimum atomic E-state index is -3.89. The van der Waals surface area contributed by atoms with E-state index in [1.54, 1.807) is 72.0 Å². The molecular formula is C49H79N3O15S. The summed E-state index contributed by atoms with van der Waals surface area (Å²) in [5.41, 5.74) is -4.08. The molecule has 0 radical (unpaired) electrons. The molecule has 386 valence electrons. The maximum atomic E-state index is 14.4. The molecule has 0 aliphatic carbocycles. The number of aliphatic hydroxyl groups excluding tert-OH is 3. The molecule has 4 heterocycles. The van der Waals surface area contributed by atoms with Crippen LogP contribution in [0.15, 0.2) is 41.4 Å². The van der Waals surface area contributed by atoms with Crippen molar-refractivity contribution in [1.29, 1.82) is 0 Å². The molecule has 0 amide bonds. The van der Waals surface area contributed by atoms with Crippen LogP contribution in [0.3, 0.4) is 0 Å². The first-order chi connectivity index (χ1) is 31.8. The fourth-order valence-corrected chi connectivity index (χ4v) is 11.8. The van der Waals surface area contributed by atoms with Crippen LogP contribution in [0.1, 0.15) is 101 Å². The highest BCUT2D eigenvalue weighted by Gasteiger charge is 2.54. The Bertz CT molecular complexity index is 2110. The van der Waals surface area contributed by atoms with Crippen molar-refractivity contribution < 1.29 is 71.6 Å². The number of Topliss-reactive ketones (excluding diaryl/α,β-unsaturated/α-hetero) is 1. The van der Waals surface area contributed by atoms with E-state index < -0.39 is 124 Å². The Balaban J connectivity index is 1.47.